The van der Waals surface area contributed by atoms with Crippen LogP contribution in [0.4, 0.5) is 5.69 Å². The number of hydrogen-bond donors (Lipinski definition) is 1. The molecular weight excluding hydrogens is 368 g/mol. The van der Waals surface area contributed by atoms with Crippen LogP contribution >= 0.6 is 0 Å². The number of aromatic nitrogens is 2. The van der Waals surface area contributed by atoms with Gasteiger partial charge in [0.25, 0.3) is 0 Å². The Morgan fingerprint density at radius 3 is 2.79 bits per heavy atom. The van der Waals surface area contributed by atoms with E-state index in [1.165, 1.54) is 0 Å². The van der Waals surface area contributed by atoms with Gasteiger partial charge in [-0.3, -0.25) is 9.69 Å². The number of hydrogen-bond acceptors (Lipinski definition) is 5. The molecule has 7 heteroatoms. The molecule has 0 unspecified atom stereocenters. The predicted octanol–water partition coefficient (Wildman–Crippen LogP) is 3.60. The second kappa shape index (κ2) is 9.07. The molecule has 152 valence electrons. The van der Waals surface area contributed by atoms with Gasteiger partial charge in [0.2, 0.25) is 5.91 Å². The van der Waals surface area contributed by atoms with E-state index in [-0.39, 0.29) is 11.9 Å². The van der Waals surface area contributed by atoms with E-state index in [2.05, 4.69) is 15.3 Å². The minimum Gasteiger partial charge on any atom is -0.462 e. The summed E-state index contributed by atoms with van der Waals surface area (Å²) in [6.45, 7) is 1.97. The topological polar surface area (TPSA) is 72.5 Å². The summed E-state index contributed by atoms with van der Waals surface area (Å²) < 4.78 is 12.7. The maximum Gasteiger partial charge on any atom is 0.241 e. The van der Waals surface area contributed by atoms with Crippen molar-refractivity contribution in [2.45, 2.75) is 38.5 Å². The molecule has 1 N–H and O–H groups in total. The molecule has 1 fully saturated rings. The van der Waals surface area contributed by atoms with Crippen LogP contribution in [-0.4, -0.2) is 40.3 Å². The fourth-order valence-electron chi connectivity index (χ4n) is 3.75. The molecule has 7 nitrogen and oxygen atoms in total. The molecule has 4 rings (SSSR count). The molecule has 0 radical (unpaired) electrons. The van der Waals surface area contributed by atoms with Crippen LogP contribution in [0.25, 0.3) is 5.69 Å². The van der Waals surface area contributed by atoms with E-state index < -0.39 is 0 Å². The summed E-state index contributed by atoms with van der Waals surface area (Å²) in [5.74, 6) is 1.69. The molecular formula is C22H26N4O3. The van der Waals surface area contributed by atoms with E-state index in [1.54, 1.807) is 18.0 Å². The second-order valence-corrected chi connectivity index (χ2v) is 7.27. The summed E-state index contributed by atoms with van der Waals surface area (Å²) >= 11 is 0. The third-order valence-corrected chi connectivity index (χ3v) is 5.18. The van der Waals surface area contributed by atoms with E-state index in [1.807, 2.05) is 48.7 Å². The number of carbonyl (C=O) groups excluding carboxylic acids is 1. The van der Waals surface area contributed by atoms with Crippen LogP contribution in [0, 0.1) is 0 Å². The lowest BCUT2D eigenvalue weighted by Gasteiger charge is -2.34. The average molecular weight is 394 g/mol. The van der Waals surface area contributed by atoms with Crippen LogP contribution < -0.4 is 5.32 Å². The molecule has 1 amide bonds. The van der Waals surface area contributed by atoms with E-state index in [0.717, 1.165) is 48.7 Å². The minimum absolute atomic E-state index is 0.0280. The molecule has 0 saturated carbocycles. The number of anilines is 1. The van der Waals surface area contributed by atoms with Crippen LogP contribution in [0.1, 0.15) is 30.8 Å². The van der Waals surface area contributed by atoms with Crippen LogP contribution in [0.3, 0.4) is 0 Å². The first-order chi connectivity index (χ1) is 14.2. The summed E-state index contributed by atoms with van der Waals surface area (Å²) in [7, 11) is 1.65. The van der Waals surface area contributed by atoms with Crippen LogP contribution in [0.15, 0.2) is 59.3 Å². The molecule has 3 aromatic rings. The number of methoxy groups -OCH3 is 1. The second-order valence-electron chi connectivity index (χ2n) is 7.27. The van der Waals surface area contributed by atoms with E-state index in [4.69, 9.17) is 9.15 Å². The Kier molecular flexibility index (Phi) is 6.07. The molecule has 0 aliphatic carbocycles. The van der Waals surface area contributed by atoms with Gasteiger partial charge in [-0.15, -0.1) is 0 Å². The van der Waals surface area contributed by atoms with E-state index in [0.29, 0.717) is 13.2 Å². The van der Waals surface area contributed by atoms with Crippen molar-refractivity contribution in [3.05, 3.63) is 66.4 Å². The third-order valence-electron chi connectivity index (χ3n) is 5.18. The summed E-state index contributed by atoms with van der Waals surface area (Å²) in [5, 5.41) is 7.28. The van der Waals surface area contributed by atoms with Crippen molar-refractivity contribution in [1.82, 2.24) is 14.7 Å². The zero-order valence-corrected chi connectivity index (χ0v) is 16.6. The monoisotopic (exact) mass is 394 g/mol. The summed E-state index contributed by atoms with van der Waals surface area (Å²) in [5.41, 5.74) is 1.74. The summed E-state index contributed by atoms with van der Waals surface area (Å²) in [4.78, 5) is 15.2. The van der Waals surface area contributed by atoms with Gasteiger partial charge >= 0.3 is 0 Å². The number of benzene rings is 1. The van der Waals surface area contributed by atoms with E-state index in [9.17, 15) is 4.79 Å². The molecule has 1 atom stereocenters. The molecule has 0 spiro atoms. The number of nitrogens with zero attached hydrogens (tertiary/aromatic N) is 3. The van der Waals surface area contributed by atoms with Gasteiger partial charge in [-0.05, 0) is 61.9 Å². The number of piperidine rings is 1. The Labute approximate surface area is 170 Å². The first-order valence-corrected chi connectivity index (χ1v) is 9.94. The lowest BCUT2D eigenvalue weighted by Crippen LogP contribution is -2.46. The Balaban J connectivity index is 1.40. The predicted molar refractivity (Wildman–Crippen MR) is 110 cm³/mol. The number of nitrogens with one attached hydrogen (secondary N) is 1. The molecule has 0 bridgehead atoms. The van der Waals surface area contributed by atoms with Crippen molar-refractivity contribution in [2.24, 2.45) is 0 Å². The highest BCUT2D eigenvalue weighted by Crippen LogP contribution is 2.23. The van der Waals surface area contributed by atoms with Crippen molar-refractivity contribution in [3.63, 3.8) is 0 Å². The normalized spacial score (nSPS) is 17.3. The maximum atomic E-state index is 13.0. The van der Waals surface area contributed by atoms with Crippen molar-refractivity contribution < 1.29 is 13.9 Å². The van der Waals surface area contributed by atoms with Gasteiger partial charge in [-0.25, -0.2) is 4.68 Å². The van der Waals surface area contributed by atoms with Gasteiger partial charge in [-0.1, -0.05) is 6.42 Å². The van der Waals surface area contributed by atoms with E-state index >= 15 is 0 Å². The van der Waals surface area contributed by atoms with Gasteiger partial charge < -0.3 is 14.5 Å². The van der Waals surface area contributed by atoms with Crippen LogP contribution in [-0.2, 0) is 22.7 Å². The fourth-order valence-corrected chi connectivity index (χ4v) is 3.75. The van der Waals surface area contributed by atoms with Gasteiger partial charge in [0.1, 0.15) is 18.1 Å². The summed E-state index contributed by atoms with van der Waals surface area (Å²) in [6, 6.07) is 13.3. The standard InChI is InChI=1S/C22H26N4O3/c1-28-16-20-11-10-19(29-20)15-25-13-3-2-5-21(25)22(27)24-17-6-8-18(9-7-17)26-14-4-12-23-26/h4,6-12,14,21H,2-3,5,13,15-16H2,1H3,(H,24,27)/t21-/m0/s1. The smallest absolute Gasteiger partial charge is 0.241 e. The van der Waals surface area contributed by atoms with Gasteiger partial charge in [0.05, 0.1) is 18.3 Å². The van der Waals surface area contributed by atoms with Crippen LogP contribution in [0.2, 0.25) is 0 Å². The molecule has 1 aromatic carbocycles. The lowest BCUT2D eigenvalue weighted by atomic mass is 10.0. The number of rotatable bonds is 7. The zero-order valence-electron chi connectivity index (χ0n) is 16.6. The SMILES string of the molecule is COCc1ccc(CN2CCCC[C@H]2C(=O)Nc2ccc(-n3cccn3)cc2)o1. The number of carbonyl (C=O) groups is 1. The number of likely N-dealkylation sites (tertiary alicyclic amines) is 1. The quantitative estimate of drug-likeness (QED) is 0.663. The molecule has 2 aromatic heterocycles. The molecule has 29 heavy (non-hydrogen) atoms. The molecule has 1 aliphatic rings. The highest BCUT2D eigenvalue weighted by molar-refractivity contribution is 5.94. The Morgan fingerprint density at radius 2 is 2.03 bits per heavy atom. The first kappa shape index (κ1) is 19.4. The Hall–Kier alpha value is -2.90. The number of ether oxygens (including phenoxy) is 1. The first-order valence-electron chi connectivity index (χ1n) is 9.94. The highest BCUT2D eigenvalue weighted by Gasteiger charge is 2.29. The Morgan fingerprint density at radius 1 is 1.21 bits per heavy atom. The van der Waals surface area contributed by atoms with Gasteiger partial charge in [0.15, 0.2) is 0 Å². The number of amides is 1. The molecule has 1 saturated heterocycles. The lowest BCUT2D eigenvalue weighted by molar-refractivity contribution is -0.122. The van der Waals surface area contributed by atoms with Crippen molar-refractivity contribution in [3.8, 4) is 5.69 Å². The number of furan rings is 1. The summed E-state index contributed by atoms with van der Waals surface area (Å²) in [6.07, 6.45) is 6.63. The minimum atomic E-state index is -0.162. The highest BCUT2D eigenvalue weighted by atomic mass is 16.5. The average Bonchev–Trinajstić information content (AvgIpc) is 3.42. The van der Waals surface area contributed by atoms with Crippen molar-refractivity contribution in [2.75, 3.05) is 19.0 Å². The van der Waals surface area contributed by atoms with Gasteiger partial charge in [0, 0.05) is 25.2 Å². The van der Waals surface area contributed by atoms with Crippen molar-refractivity contribution in [1.29, 1.82) is 0 Å². The maximum absolute atomic E-state index is 13.0. The fraction of sp³-hybridized carbons (Fsp3) is 0.364. The zero-order chi connectivity index (χ0) is 20.1. The molecule has 3 heterocycles. The Bertz CT molecular complexity index is 918. The van der Waals surface area contributed by atoms with Crippen molar-refractivity contribution >= 4 is 11.6 Å². The molecule has 1 aliphatic heterocycles. The third kappa shape index (κ3) is 4.75. The van der Waals surface area contributed by atoms with Crippen LogP contribution in [0.5, 0.6) is 0 Å². The largest absolute Gasteiger partial charge is 0.462 e. The van der Waals surface area contributed by atoms with Gasteiger partial charge in [-0.2, -0.15) is 5.10 Å².